The van der Waals surface area contributed by atoms with Gasteiger partial charge in [0.2, 0.25) is 0 Å². The normalized spacial score (nSPS) is 11.0. The molecule has 0 saturated carbocycles. The van der Waals surface area contributed by atoms with Crippen LogP contribution >= 0.6 is 23.2 Å². The maximum absolute atomic E-state index is 6.08. The molecule has 0 heterocycles. The molecule has 0 saturated heterocycles. The summed E-state index contributed by atoms with van der Waals surface area (Å²) >= 11 is 12.2. The maximum atomic E-state index is 6.08. The van der Waals surface area contributed by atoms with Gasteiger partial charge in [0.25, 0.3) is 0 Å². The maximum Gasteiger partial charge on any atom is 0.123 e. The molecule has 4 heteroatoms. The Bertz CT molecular complexity index is 606. The fraction of sp³-hybridized carbons (Fsp3) is 0.294. The van der Waals surface area contributed by atoms with E-state index in [1.807, 2.05) is 24.3 Å². The van der Waals surface area contributed by atoms with E-state index in [-0.39, 0.29) is 0 Å². The molecule has 2 nitrogen and oxygen atoms in total. The van der Waals surface area contributed by atoms with E-state index < -0.39 is 0 Å². The zero-order valence-electron chi connectivity index (χ0n) is 12.4. The molecule has 0 aliphatic heterocycles. The summed E-state index contributed by atoms with van der Waals surface area (Å²) in [7, 11) is 1.68. The Hall–Kier alpha value is -1.22. The molecule has 0 spiro atoms. The van der Waals surface area contributed by atoms with E-state index in [4.69, 9.17) is 27.9 Å². The van der Waals surface area contributed by atoms with Crippen molar-refractivity contribution in [1.29, 1.82) is 0 Å². The van der Waals surface area contributed by atoms with Gasteiger partial charge in [-0.25, -0.2) is 0 Å². The number of methoxy groups -OCH3 is 1. The fourth-order valence-electron chi connectivity index (χ4n) is 2.13. The highest BCUT2D eigenvalue weighted by molar-refractivity contribution is 6.35. The van der Waals surface area contributed by atoms with Crippen LogP contribution in [0.1, 0.15) is 19.4 Å². The summed E-state index contributed by atoms with van der Waals surface area (Å²) in [6, 6.07) is 12.1. The first-order valence-electron chi connectivity index (χ1n) is 6.86. The molecular weight excluding hydrogens is 305 g/mol. The quantitative estimate of drug-likeness (QED) is 0.819. The van der Waals surface area contributed by atoms with Crippen molar-refractivity contribution < 1.29 is 4.74 Å². The van der Waals surface area contributed by atoms with Crippen molar-refractivity contribution in [3.05, 3.63) is 52.0 Å². The van der Waals surface area contributed by atoms with Crippen molar-refractivity contribution >= 4 is 23.2 Å². The Kier molecular flexibility index (Phi) is 5.51. The van der Waals surface area contributed by atoms with Crippen molar-refractivity contribution in [3.8, 4) is 16.9 Å². The van der Waals surface area contributed by atoms with Gasteiger partial charge in [0.15, 0.2) is 0 Å². The molecule has 2 rings (SSSR count). The van der Waals surface area contributed by atoms with Crippen LogP contribution in [0, 0.1) is 0 Å². The smallest absolute Gasteiger partial charge is 0.123 e. The fourth-order valence-corrected chi connectivity index (χ4v) is 2.66. The molecule has 0 atom stereocenters. The Labute approximate surface area is 136 Å². The molecule has 0 unspecified atom stereocenters. The van der Waals surface area contributed by atoms with Crippen molar-refractivity contribution in [1.82, 2.24) is 5.32 Å². The predicted molar refractivity (Wildman–Crippen MR) is 90.4 cm³/mol. The Balaban J connectivity index is 2.38. The van der Waals surface area contributed by atoms with Gasteiger partial charge >= 0.3 is 0 Å². The monoisotopic (exact) mass is 323 g/mol. The molecule has 2 aromatic rings. The largest absolute Gasteiger partial charge is 0.496 e. The zero-order valence-corrected chi connectivity index (χ0v) is 13.9. The lowest BCUT2D eigenvalue weighted by Gasteiger charge is -2.14. The number of rotatable bonds is 5. The Morgan fingerprint density at radius 2 is 1.67 bits per heavy atom. The lowest BCUT2D eigenvalue weighted by Crippen LogP contribution is -2.22. The van der Waals surface area contributed by atoms with Gasteiger partial charge in [0, 0.05) is 28.2 Å². The Morgan fingerprint density at radius 1 is 1.00 bits per heavy atom. The highest BCUT2D eigenvalue weighted by atomic mass is 35.5. The lowest BCUT2D eigenvalue weighted by molar-refractivity contribution is 0.406. The van der Waals surface area contributed by atoms with Gasteiger partial charge in [0.1, 0.15) is 5.75 Å². The molecule has 0 aliphatic rings. The van der Waals surface area contributed by atoms with Gasteiger partial charge < -0.3 is 10.1 Å². The number of hydrogen-bond donors (Lipinski definition) is 1. The van der Waals surface area contributed by atoms with Crippen molar-refractivity contribution in [2.45, 2.75) is 26.4 Å². The van der Waals surface area contributed by atoms with Gasteiger partial charge in [-0.2, -0.15) is 0 Å². The van der Waals surface area contributed by atoms with Crippen LogP contribution in [-0.4, -0.2) is 13.2 Å². The van der Waals surface area contributed by atoms with Crippen molar-refractivity contribution in [2.75, 3.05) is 7.11 Å². The van der Waals surface area contributed by atoms with Crippen LogP contribution < -0.4 is 10.1 Å². The van der Waals surface area contributed by atoms with Crippen LogP contribution in [0.15, 0.2) is 36.4 Å². The molecule has 0 fully saturated rings. The van der Waals surface area contributed by atoms with E-state index in [1.54, 1.807) is 13.2 Å². The van der Waals surface area contributed by atoms with Crippen LogP contribution in [0.3, 0.4) is 0 Å². The molecule has 0 aliphatic carbocycles. The van der Waals surface area contributed by atoms with Crippen LogP contribution in [0.4, 0.5) is 0 Å². The van der Waals surface area contributed by atoms with E-state index in [1.165, 1.54) is 0 Å². The summed E-state index contributed by atoms with van der Waals surface area (Å²) in [6.45, 7) is 4.99. The molecule has 112 valence electrons. The van der Waals surface area contributed by atoms with E-state index in [2.05, 4.69) is 25.2 Å². The van der Waals surface area contributed by atoms with Crippen LogP contribution in [-0.2, 0) is 6.54 Å². The summed E-state index contributed by atoms with van der Waals surface area (Å²) in [5.74, 6) is 0.875. The summed E-state index contributed by atoms with van der Waals surface area (Å²) in [5, 5.41) is 4.67. The number of nitrogens with one attached hydrogen (secondary N) is 1. The molecule has 1 N–H and O–H groups in total. The number of benzene rings is 2. The van der Waals surface area contributed by atoms with Crippen LogP contribution in [0.5, 0.6) is 5.75 Å². The third-order valence-electron chi connectivity index (χ3n) is 3.18. The standard InChI is InChI=1S/C17H19Cl2NO/c1-11(2)20-10-14-6-12(4-5-17(14)21-3)13-7-15(18)9-16(19)8-13/h4-9,11,20H,10H2,1-3H3. The molecule has 2 aromatic carbocycles. The first kappa shape index (κ1) is 16.2. The first-order valence-corrected chi connectivity index (χ1v) is 7.62. The minimum Gasteiger partial charge on any atom is -0.496 e. The number of ether oxygens (including phenoxy) is 1. The van der Waals surface area contributed by atoms with E-state index in [0.29, 0.717) is 16.1 Å². The van der Waals surface area contributed by atoms with E-state index >= 15 is 0 Å². The van der Waals surface area contributed by atoms with Crippen molar-refractivity contribution in [3.63, 3.8) is 0 Å². The predicted octanol–water partition coefficient (Wildman–Crippen LogP) is 5.17. The third kappa shape index (κ3) is 4.37. The summed E-state index contributed by atoms with van der Waals surface area (Å²) in [5.41, 5.74) is 3.18. The second-order valence-electron chi connectivity index (χ2n) is 5.22. The minimum absolute atomic E-state index is 0.416. The number of halogens is 2. The van der Waals surface area contributed by atoms with E-state index in [9.17, 15) is 0 Å². The molecule has 0 aromatic heterocycles. The average Bonchev–Trinajstić information content (AvgIpc) is 2.43. The van der Waals surface area contributed by atoms with Crippen LogP contribution in [0.2, 0.25) is 10.0 Å². The Morgan fingerprint density at radius 3 is 2.24 bits per heavy atom. The zero-order chi connectivity index (χ0) is 15.4. The van der Waals surface area contributed by atoms with Gasteiger partial charge in [-0.1, -0.05) is 43.1 Å². The minimum atomic E-state index is 0.416. The molecule has 0 amide bonds. The van der Waals surface area contributed by atoms with E-state index in [0.717, 1.165) is 29.0 Å². The second-order valence-corrected chi connectivity index (χ2v) is 6.09. The highest BCUT2D eigenvalue weighted by Crippen LogP contribution is 2.30. The molecular formula is C17H19Cl2NO. The van der Waals surface area contributed by atoms with Gasteiger partial charge in [0.05, 0.1) is 7.11 Å². The summed E-state index contributed by atoms with van der Waals surface area (Å²) in [4.78, 5) is 0. The van der Waals surface area contributed by atoms with Crippen LogP contribution in [0.25, 0.3) is 11.1 Å². The molecule has 21 heavy (non-hydrogen) atoms. The van der Waals surface area contributed by atoms with Gasteiger partial charge in [-0.3, -0.25) is 0 Å². The topological polar surface area (TPSA) is 21.3 Å². The first-order chi connectivity index (χ1) is 9.99. The van der Waals surface area contributed by atoms with Gasteiger partial charge in [-0.15, -0.1) is 0 Å². The third-order valence-corrected chi connectivity index (χ3v) is 3.61. The van der Waals surface area contributed by atoms with Gasteiger partial charge in [-0.05, 0) is 41.5 Å². The summed E-state index contributed by atoms with van der Waals surface area (Å²) < 4.78 is 5.42. The average molecular weight is 324 g/mol. The second kappa shape index (κ2) is 7.17. The summed E-state index contributed by atoms with van der Waals surface area (Å²) in [6.07, 6.45) is 0. The number of hydrogen-bond acceptors (Lipinski definition) is 2. The highest BCUT2D eigenvalue weighted by Gasteiger charge is 2.08. The molecule has 0 radical (unpaired) electrons. The SMILES string of the molecule is COc1ccc(-c2cc(Cl)cc(Cl)c2)cc1CNC(C)C. The van der Waals surface area contributed by atoms with Crippen molar-refractivity contribution in [2.24, 2.45) is 0 Å². The lowest BCUT2D eigenvalue weighted by atomic mass is 10.0. The molecule has 0 bridgehead atoms.